The molecule has 0 atom stereocenters. The van der Waals surface area contributed by atoms with Crippen molar-refractivity contribution in [1.82, 2.24) is 0 Å². The third-order valence-corrected chi connectivity index (χ3v) is 11.1. The highest BCUT2D eigenvalue weighted by molar-refractivity contribution is 6.05. The van der Waals surface area contributed by atoms with Crippen LogP contribution in [0.1, 0.15) is 85.3 Å². The molecule has 2 aliphatic rings. The summed E-state index contributed by atoms with van der Waals surface area (Å²) in [5, 5.41) is 1.70. The summed E-state index contributed by atoms with van der Waals surface area (Å²) in [6, 6.07) is 19.1. The minimum atomic E-state index is -3.89. The van der Waals surface area contributed by atoms with E-state index in [-0.39, 0.29) is 5.69 Å². The molecule has 0 saturated heterocycles. The van der Waals surface area contributed by atoms with E-state index in [0.717, 1.165) is 37.9 Å². The van der Waals surface area contributed by atoms with Crippen LogP contribution in [0.25, 0.3) is 66.4 Å². The van der Waals surface area contributed by atoms with Gasteiger partial charge in [0.25, 0.3) is 0 Å². The maximum absolute atomic E-state index is 10.3. The summed E-state index contributed by atoms with van der Waals surface area (Å²) in [5.74, 6) is 0. The van der Waals surface area contributed by atoms with Crippen LogP contribution in [0.15, 0.2) is 200 Å². The SMILES string of the molecule is [2H]c1c([2H])c([2H])c2c(c1[2H])-c1c([2H])c([2H])c(N(c3ccc(-c4ccc5ccccc5c4-c4ccc(-c5ccccc5)cc4)cc3)c3c([2H])c([2H])c([2H])c4c3-c3c([2H])c([2H])c([2H])c([2H])c3C4(C([2H])([2H])[2H])C([2H])([2H])[2H])c([2H])c1C2(C([2H])([2H])[2H])C([2H])([2H])[2H]. The molecule has 59 heavy (non-hydrogen) atoms. The second-order valence-electron chi connectivity index (χ2n) is 14.5. The Kier molecular flexibility index (Phi) is 3.94. The maximum Gasteiger partial charge on any atom is 0.0648 e. The van der Waals surface area contributed by atoms with Crippen molar-refractivity contribution in [3.05, 3.63) is 222 Å². The zero-order chi connectivity index (χ0) is 62.1. The Bertz CT molecular complexity index is 4300. The summed E-state index contributed by atoms with van der Waals surface area (Å²) in [7, 11) is 0. The Labute approximate surface area is 384 Å². The fourth-order valence-electron chi connectivity index (χ4n) is 8.32. The van der Waals surface area contributed by atoms with Gasteiger partial charge in [-0.3, -0.25) is 0 Å². The van der Waals surface area contributed by atoms with E-state index in [1.165, 1.54) is 12.1 Å². The van der Waals surface area contributed by atoms with E-state index in [2.05, 4.69) is 0 Å². The van der Waals surface area contributed by atoms with Gasteiger partial charge in [0, 0.05) is 44.2 Å². The molecule has 0 unspecified atom stereocenters. The molecule has 0 fully saturated rings. The topological polar surface area (TPSA) is 3.24 Å². The van der Waals surface area contributed by atoms with Crippen molar-refractivity contribution in [3.63, 3.8) is 0 Å². The first-order chi connectivity index (χ1) is 39.6. The average Bonchev–Trinajstić information content (AvgIpc) is 1.53. The highest BCUT2D eigenvalue weighted by Crippen LogP contribution is 2.56. The maximum atomic E-state index is 10.3. The van der Waals surface area contributed by atoms with Gasteiger partial charge in [-0.05, 0) is 113 Å². The van der Waals surface area contributed by atoms with E-state index in [4.69, 9.17) is 24.7 Å². The molecule has 0 bridgehead atoms. The van der Waals surface area contributed by atoms with Gasteiger partial charge in [-0.2, -0.15) is 0 Å². The van der Waals surface area contributed by atoms with Crippen molar-refractivity contribution >= 4 is 27.8 Å². The molecule has 0 N–H and O–H groups in total. The molecular weight excluding hydrogens is 711 g/mol. The number of nitrogens with zero attached hydrogens (tertiary/aromatic N) is 1. The van der Waals surface area contributed by atoms with Crippen molar-refractivity contribution in [1.29, 1.82) is 0 Å². The number of hydrogen-bond acceptors (Lipinski definition) is 1. The van der Waals surface area contributed by atoms with Gasteiger partial charge >= 0.3 is 0 Å². The standard InChI is InChI=1S/C58H45N/c1-57(2)51-22-13-11-20-49(51)56-52(57)23-14-24-54(56)59(44-34-36-48-47-19-10-12-21-50(47)58(3,4)53(48)37-44)43-32-29-41(30-33-43)46-35-31-40-17-8-9-18-45(40)55(46)42-27-25-39(26-28-42)38-15-6-5-7-16-38/h5-37H,1-4H3/i1D3,2D3,3D3,4D3,10D,11D,12D,13D,14D,19D,20D,21D,22D,23D,24D,34D,36D,37D. The van der Waals surface area contributed by atoms with Crippen LogP contribution in [0.4, 0.5) is 17.1 Å². The quantitative estimate of drug-likeness (QED) is 0.162. The molecular formula is C58H45N. The second kappa shape index (κ2) is 13.3. The predicted octanol–water partition coefficient (Wildman–Crippen LogP) is 15.9. The highest BCUT2D eigenvalue weighted by atomic mass is 15.1. The molecule has 2 aliphatic carbocycles. The summed E-state index contributed by atoms with van der Waals surface area (Å²) in [6.45, 7) is -15.5. The lowest BCUT2D eigenvalue weighted by molar-refractivity contribution is 0.660. The summed E-state index contributed by atoms with van der Waals surface area (Å²) in [5.41, 5.74) is -12.6. The predicted molar refractivity (Wildman–Crippen MR) is 250 cm³/mol. The molecule has 0 amide bonds. The fourth-order valence-corrected chi connectivity index (χ4v) is 8.32. The van der Waals surface area contributed by atoms with Crippen LogP contribution in [0, 0.1) is 0 Å². The van der Waals surface area contributed by atoms with Crippen molar-refractivity contribution in [3.8, 4) is 55.6 Å². The van der Waals surface area contributed by atoms with Crippen molar-refractivity contribution in [2.45, 2.75) is 38.2 Å². The van der Waals surface area contributed by atoms with Crippen LogP contribution in [0.3, 0.4) is 0 Å². The second-order valence-corrected chi connectivity index (χ2v) is 14.5. The summed E-state index contributed by atoms with van der Waals surface area (Å²) in [6.07, 6.45) is 0. The molecule has 9 aromatic rings. The van der Waals surface area contributed by atoms with Gasteiger partial charge in [0.05, 0.1) is 24.9 Å². The lowest BCUT2D eigenvalue weighted by atomic mass is 9.82. The molecule has 1 heteroatoms. The van der Waals surface area contributed by atoms with Gasteiger partial charge in [0.15, 0.2) is 0 Å². The molecule has 0 aromatic heterocycles. The van der Waals surface area contributed by atoms with Crippen LogP contribution in [-0.2, 0) is 10.8 Å². The Morgan fingerprint density at radius 3 is 1.80 bits per heavy atom. The number of benzene rings is 9. The molecule has 0 saturated carbocycles. The number of fused-ring (bicyclic) bond motifs is 7. The highest BCUT2D eigenvalue weighted by Gasteiger charge is 2.39. The Morgan fingerprint density at radius 2 is 1.02 bits per heavy atom. The van der Waals surface area contributed by atoms with Gasteiger partial charge in [-0.15, -0.1) is 0 Å². The fraction of sp³-hybridized carbons (Fsp3) is 0.103. The Balaban J connectivity index is 1.30. The first-order valence-electron chi connectivity index (χ1n) is 31.7. The molecule has 0 aliphatic heterocycles. The number of hydrogen-bond donors (Lipinski definition) is 0. The van der Waals surface area contributed by atoms with Crippen LogP contribution in [-0.4, -0.2) is 0 Å². The minimum Gasteiger partial charge on any atom is -0.310 e. The largest absolute Gasteiger partial charge is 0.310 e. The number of anilines is 3. The van der Waals surface area contributed by atoms with E-state index in [1.807, 2.05) is 91.0 Å². The summed E-state index contributed by atoms with van der Waals surface area (Å²) >= 11 is 0. The third-order valence-electron chi connectivity index (χ3n) is 11.1. The zero-order valence-electron chi connectivity index (χ0n) is 56.9. The first kappa shape index (κ1) is 17.5. The normalized spacial score (nSPS) is 21.2. The van der Waals surface area contributed by atoms with Gasteiger partial charge in [0.2, 0.25) is 0 Å². The summed E-state index contributed by atoms with van der Waals surface area (Å²) in [4.78, 5) is 0.775. The van der Waals surface area contributed by atoms with Crippen molar-refractivity contribution in [2.24, 2.45) is 0 Å². The first-order valence-corrected chi connectivity index (χ1v) is 18.7. The van der Waals surface area contributed by atoms with Crippen LogP contribution < -0.4 is 4.90 Å². The van der Waals surface area contributed by atoms with Gasteiger partial charge in [-0.25, -0.2) is 0 Å². The van der Waals surface area contributed by atoms with Crippen molar-refractivity contribution in [2.75, 3.05) is 4.90 Å². The molecule has 0 radical (unpaired) electrons. The third kappa shape index (κ3) is 5.45. The lowest BCUT2D eigenvalue weighted by Crippen LogP contribution is -2.17. The summed E-state index contributed by atoms with van der Waals surface area (Å²) < 4.78 is 239. The van der Waals surface area contributed by atoms with E-state index in [0.29, 0.717) is 11.1 Å². The Morgan fingerprint density at radius 1 is 0.407 bits per heavy atom. The monoisotopic (exact) mass is 782 g/mol. The zero-order valence-corrected chi connectivity index (χ0v) is 30.9. The van der Waals surface area contributed by atoms with Crippen LogP contribution in [0.5, 0.6) is 0 Å². The lowest BCUT2D eigenvalue weighted by Gasteiger charge is -2.30. The van der Waals surface area contributed by atoms with E-state index in [9.17, 15) is 11.0 Å². The molecule has 282 valence electrons. The molecule has 9 aromatic carbocycles. The van der Waals surface area contributed by atoms with Crippen molar-refractivity contribution < 1.29 is 35.6 Å². The smallest absolute Gasteiger partial charge is 0.0648 e. The molecule has 11 rings (SSSR count). The van der Waals surface area contributed by atoms with Gasteiger partial charge < -0.3 is 4.90 Å². The average molecular weight is 782 g/mol. The van der Waals surface area contributed by atoms with E-state index in [1.54, 1.807) is 12.1 Å². The van der Waals surface area contributed by atoms with Gasteiger partial charge in [-0.1, -0.05) is 197 Å². The van der Waals surface area contributed by atoms with Crippen LogP contribution >= 0.6 is 0 Å². The molecule has 1 nitrogen and oxygen atoms in total. The van der Waals surface area contributed by atoms with E-state index >= 15 is 0 Å². The van der Waals surface area contributed by atoms with Gasteiger partial charge in [0.1, 0.15) is 0 Å². The van der Waals surface area contributed by atoms with Crippen LogP contribution in [0.2, 0.25) is 0 Å². The molecule has 0 heterocycles. The minimum absolute atomic E-state index is 0.303. The number of rotatable bonds is 6. The van der Waals surface area contributed by atoms with E-state index < -0.39 is 179 Å². The Hall–Kier alpha value is -6.96. The molecule has 0 spiro atoms.